The molecule has 3 rings (SSSR count). The fraction of sp³-hybridized carbons (Fsp3) is 0.619. The Hall–Kier alpha value is -1.88. The Morgan fingerprint density at radius 3 is 2.77 bits per heavy atom. The van der Waals surface area contributed by atoms with Crippen LogP contribution in [0, 0.1) is 0 Å². The molecule has 5 nitrogen and oxygen atoms in total. The zero-order valence-corrected chi connectivity index (χ0v) is 15.8. The van der Waals surface area contributed by atoms with Crippen molar-refractivity contribution in [3.8, 4) is 0 Å². The van der Waals surface area contributed by atoms with Crippen LogP contribution >= 0.6 is 0 Å². The van der Waals surface area contributed by atoms with Crippen molar-refractivity contribution in [3.05, 3.63) is 35.9 Å². The molecule has 1 aromatic carbocycles. The zero-order chi connectivity index (χ0) is 18.4. The van der Waals surface area contributed by atoms with Gasteiger partial charge in [-0.15, -0.1) is 0 Å². The van der Waals surface area contributed by atoms with Crippen LogP contribution in [0.4, 0.5) is 0 Å². The van der Waals surface area contributed by atoms with Gasteiger partial charge in [-0.2, -0.15) is 0 Å². The smallest absolute Gasteiger partial charge is 0.224 e. The number of carbonyl (C=O) groups is 2. The summed E-state index contributed by atoms with van der Waals surface area (Å²) in [7, 11) is 0. The summed E-state index contributed by atoms with van der Waals surface area (Å²) in [5.74, 6) is 0.329. The second-order valence-corrected chi connectivity index (χ2v) is 7.48. The van der Waals surface area contributed by atoms with Crippen molar-refractivity contribution in [1.82, 2.24) is 9.80 Å². The molecule has 2 aliphatic heterocycles. The molecule has 5 heteroatoms. The van der Waals surface area contributed by atoms with Crippen LogP contribution in [0.3, 0.4) is 0 Å². The molecule has 142 valence electrons. The van der Waals surface area contributed by atoms with Gasteiger partial charge in [0.2, 0.25) is 11.8 Å². The molecule has 26 heavy (non-hydrogen) atoms. The Balaban J connectivity index is 1.62. The molecule has 1 spiro atoms. The summed E-state index contributed by atoms with van der Waals surface area (Å²) in [6.07, 6.45) is 4.47. The van der Waals surface area contributed by atoms with Crippen molar-refractivity contribution in [1.29, 1.82) is 0 Å². The van der Waals surface area contributed by atoms with E-state index in [2.05, 4.69) is 19.1 Å². The minimum atomic E-state index is -0.321. The van der Waals surface area contributed by atoms with Crippen LogP contribution in [0.1, 0.15) is 44.6 Å². The van der Waals surface area contributed by atoms with Crippen LogP contribution in [-0.4, -0.2) is 60.0 Å². The van der Waals surface area contributed by atoms with Gasteiger partial charge < -0.3 is 14.5 Å². The molecule has 2 amide bonds. The molecule has 1 aromatic rings. The maximum absolute atomic E-state index is 12.8. The van der Waals surface area contributed by atoms with E-state index < -0.39 is 0 Å². The number of benzene rings is 1. The summed E-state index contributed by atoms with van der Waals surface area (Å²) in [6.45, 7) is 5.20. The first-order valence-corrected chi connectivity index (χ1v) is 9.84. The maximum Gasteiger partial charge on any atom is 0.224 e. The fourth-order valence-electron chi connectivity index (χ4n) is 4.13. The van der Waals surface area contributed by atoms with Crippen molar-refractivity contribution in [3.63, 3.8) is 0 Å². The van der Waals surface area contributed by atoms with Gasteiger partial charge in [0.25, 0.3) is 0 Å². The summed E-state index contributed by atoms with van der Waals surface area (Å²) < 4.78 is 5.65. The quantitative estimate of drug-likeness (QED) is 0.785. The second kappa shape index (κ2) is 8.67. The highest BCUT2D eigenvalue weighted by Gasteiger charge is 2.46. The molecular formula is C21H30N2O3. The molecule has 0 radical (unpaired) electrons. The van der Waals surface area contributed by atoms with Crippen LogP contribution in [0.2, 0.25) is 0 Å². The summed E-state index contributed by atoms with van der Waals surface area (Å²) in [6, 6.07) is 10.3. The molecule has 0 saturated carbocycles. The van der Waals surface area contributed by atoms with Crippen molar-refractivity contribution < 1.29 is 14.3 Å². The number of aryl methyl sites for hydroxylation is 1. The molecule has 0 aromatic heterocycles. The highest BCUT2D eigenvalue weighted by molar-refractivity contribution is 5.81. The van der Waals surface area contributed by atoms with E-state index in [4.69, 9.17) is 4.74 Å². The van der Waals surface area contributed by atoms with Gasteiger partial charge in [0.05, 0.1) is 12.1 Å². The highest BCUT2D eigenvalue weighted by atomic mass is 16.5. The van der Waals surface area contributed by atoms with Crippen molar-refractivity contribution >= 4 is 11.8 Å². The second-order valence-electron chi connectivity index (χ2n) is 7.48. The third-order valence-electron chi connectivity index (χ3n) is 5.54. The minimum Gasteiger partial charge on any atom is -0.379 e. The van der Waals surface area contributed by atoms with E-state index >= 15 is 0 Å². The van der Waals surface area contributed by atoms with Gasteiger partial charge in [-0.05, 0) is 31.2 Å². The predicted molar refractivity (Wildman–Crippen MR) is 101 cm³/mol. The Morgan fingerprint density at radius 1 is 1.27 bits per heavy atom. The largest absolute Gasteiger partial charge is 0.379 e. The highest BCUT2D eigenvalue weighted by Crippen LogP contribution is 2.31. The third-order valence-corrected chi connectivity index (χ3v) is 5.54. The molecule has 2 fully saturated rings. The lowest BCUT2D eigenvalue weighted by atomic mass is 9.95. The number of rotatable bonds is 6. The average molecular weight is 358 g/mol. The summed E-state index contributed by atoms with van der Waals surface area (Å²) in [5.41, 5.74) is 0.944. The van der Waals surface area contributed by atoms with Crippen LogP contribution < -0.4 is 0 Å². The third kappa shape index (κ3) is 4.26. The summed E-state index contributed by atoms with van der Waals surface area (Å²) in [4.78, 5) is 29.4. The Bertz CT molecular complexity index is 611. The van der Waals surface area contributed by atoms with Gasteiger partial charge in [0, 0.05) is 39.1 Å². The average Bonchev–Trinajstić information content (AvgIpc) is 3.07. The number of ether oxygens (including phenoxy) is 1. The Labute approximate surface area is 156 Å². The first kappa shape index (κ1) is 18.9. The Kier molecular flexibility index (Phi) is 6.30. The number of carbonyl (C=O) groups excluding carboxylic acids is 2. The van der Waals surface area contributed by atoms with E-state index in [1.54, 1.807) is 0 Å². The normalized spacial score (nSPS) is 23.5. The van der Waals surface area contributed by atoms with Gasteiger partial charge in [0.1, 0.15) is 0 Å². The summed E-state index contributed by atoms with van der Waals surface area (Å²) >= 11 is 0. The molecular weight excluding hydrogens is 328 g/mol. The molecule has 1 atom stereocenters. The number of nitrogens with zero attached hydrogens (tertiary/aromatic N) is 2. The lowest BCUT2D eigenvalue weighted by Gasteiger charge is -2.40. The van der Waals surface area contributed by atoms with Gasteiger partial charge in [-0.3, -0.25) is 9.59 Å². The lowest BCUT2D eigenvalue weighted by Crippen LogP contribution is -2.57. The summed E-state index contributed by atoms with van der Waals surface area (Å²) in [5, 5.41) is 0. The molecule has 1 unspecified atom stereocenters. The van der Waals surface area contributed by atoms with Crippen molar-refractivity contribution in [2.24, 2.45) is 0 Å². The monoisotopic (exact) mass is 358 g/mol. The SMILES string of the molecule is CCCN1C(=O)CCN(C(=O)CCCc2ccccc2)CC12CCOC2. The predicted octanol–water partition coefficient (Wildman–Crippen LogP) is 2.64. The van der Waals surface area contributed by atoms with E-state index in [1.165, 1.54) is 5.56 Å². The van der Waals surface area contributed by atoms with E-state index in [9.17, 15) is 9.59 Å². The topological polar surface area (TPSA) is 49.9 Å². The Morgan fingerprint density at radius 2 is 2.08 bits per heavy atom. The van der Waals surface area contributed by atoms with Crippen LogP contribution in [0.15, 0.2) is 30.3 Å². The fourth-order valence-corrected chi connectivity index (χ4v) is 4.13. The first-order valence-electron chi connectivity index (χ1n) is 9.84. The molecule has 0 aliphatic carbocycles. The van der Waals surface area contributed by atoms with E-state index in [0.29, 0.717) is 39.1 Å². The van der Waals surface area contributed by atoms with Gasteiger partial charge in [-0.1, -0.05) is 37.3 Å². The van der Waals surface area contributed by atoms with E-state index in [0.717, 1.165) is 32.2 Å². The van der Waals surface area contributed by atoms with Crippen LogP contribution in [0.25, 0.3) is 0 Å². The minimum absolute atomic E-state index is 0.164. The first-order chi connectivity index (χ1) is 12.6. The number of amides is 2. The molecule has 0 N–H and O–H groups in total. The van der Waals surface area contributed by atoms with Gasteiger partial charge in [0.15, 0.2) is 0 Å². The standard InChI is InChI=1S/C21H30N2O3/c1-2-13-23-20(25)11-14-22(16-21(23)12-15-26-17-21)19(24)10-6-9-18-7-4-3-5-8-18/h3-5,7-8H,2,6,9-17H2,1H3. The van der Waals surface area contributed by atoms with Crippen LogP contribution in [-0.2, 0) is 20.7 Å². The van der Waals surface area contributed by atoms with E-state index in [-0.39, 0.29) is 17.4 Å². The maximum atomic E-state index is 12.8. The molecule has 2 aliphatic rings. The van der Waals surface area contributed by atoms with E-state index in [1.807, 2.05) is 28.0 Å². The zero-order valence-electron chi connectivity index (χ0n) is 15.8. The lowest BCUT2D eigenvalue weighted by molar-refractivity contribution is -0.137. The number of hydrogen-bond donors (Lipinski definition) is 0. The van der Waals surface area contributed by atoms with Gasteiger partial charge >= 0.3 is 0 Å². The molecule has 2 saturated heterocycles. The van der Waals surface area contributed by atoms with Crippen molar-refractivity contribution in [2.75, 3.05) is 32.8 Å². The van der Waals surface area contributed by atoms with Gasteiger partial charge in [-0.25, -0.2) is 0 Å². The van der Waals surface area contributed by atoms with Crippen LogP contribution in [0.5, 0.6) is 0 Å². The molecule has 2 heterocycles. The van der Waals surface area contributed by atoms with Crippen molar-refractivity contribution in [2.45, 2.75) is 51.0 Å². The number of hydrogen-bond acceptors (Lipinski definition) is 3. The molecule has 0 bridgehead atoms.